The average Bonchev–Trinajstić information content (AvgIpc) is 2.42. The van der Waals surface area contributed by atoms with Crippen molar-refractivity contribution in [1.29, 1.82) is 0 Å². The van der Waals surface area contributed by atoms with Crippen molar-refractivity contribution in [1.82, 2.24) is 0 Å². The van der Waals surface area contributed by atoms with Crippen LogP contribution in [0.3, 0.4) is 0 Å². The fourth-order valence-electron chi connectivity index (χ4n) is 1.36. The Kier molecular flexibility index (Phi) is 5.79. The van der Waals surface area contributed by atoms with Gasteiger partial charge >= 0.3 is 5.97 Å². The minimum absolute atomic E-state index is 0.0243. The van der Waals surface area contributed by atoms with E-state index in [-0.39, 0.29) is 18.3 Å². The van der Waals surface area contributed by atoms with Crippen LogP contribution in [-0.2, 0) is 9.53 Å². The second kappa shape index (κ2) is 7.36. The highest BCUT2D eigenvalue weighted by atomic mass is 16.5. The maximum absolute atomic E-state index is 11.1. The number of benzene rings is 1. The lowest BCUT2D eigenvalue weighted by Gasteiger charge is -2.13. The molecule has 0 aliphatic carbocycles. The quantitative estimate of drug-likeness (QED) is 0.430. The molecule has 102 valence electrons. The summed E-state index contributed by atoms with van der Waals surface area (Å²) in [6.07, 6.45) is 1.13. The van der Waals surface area contributed by atoms with Crippen LogP contribution in [-0.4, -0.2) is 25.0 Å². The first-order valence-corrected chi connectivity index (χ1v) is 6.06. The number of hydrogen-bond acceptors (Lipinski definition) is 4. The number of carbonyl (C=O) groups is 2. The van der Waals surface area contributed by atoms with Crippen LogP contribution in [0.1, 0.15) is 24.2 Å². The minimum Gasteiger partial charge on any atom is -0.493 e. The van der Waals surface area contributed by atoms with Crippen LogP contribution in [0.25, 0.3) is 0 Å². The molecule has 1 unspecified atom stereocenters. The third-order valence-corrected chi connectivity index (χ3v) is 2.47. The molecule has 1 aromatic carbocycles. The highest BCUT2D eigenvalue weighted by Gasteiger charge is 2.06. The van der Waals surface area contributed by atoms with Gasteiger partial charge in [-0.05, 0) is 31.2 Å². The zero-order valence-corrected chi connectivity index (χ0v) is 11.2. The summed E-state index contributed by atoms with van der Waals surface area (Å²) in [5.74, 6) is 0.359. The predicted molar refractivity (Wildman–Crippen MR) is 72.3 cm³/mol. The van der Waals surface area contributed by atoms with Crippen molar-refractivity contribution >= 4 is 11.8 Å². The van der Waals surface area contributed by atoms with Crippen LogP contribution in [0.2, 0.25) is 0 Å². The van der Waals surface area contributed by atoms with Crippen LogP contribution < -0.4 is 4.74 Å². The van der Waals surface area contributed by atoms with Gasteiger partial charge < -0.3 is 9.47 Å². The van der Waals surface area contributed by atoms with Gasteiger partial charge in [-0.1, -0.05) is 13.5 Å². The average molecular weight is 262 g/mol. The second-order valence-corrected chi connectivity index (χ2v) is 4.33. The van der Waals surface area contributed by atoms with Gasteiger partial charge in [0.15, 0.2) is 5.78 Å². The summed E-state index contributed by atoms with van der Waals surface area (Å²) >= 11 is 0. The molecule has 1 aromatic rings. The lowest BCUT2D eigenvalue weighted by atomic mass is 10.1. The second-order valence-electron chi connectivity index (χ2n) is 4.33. The van der Waals surface area contributed by atoms with E-state index in [9.17, 15) is 9.59 Å². The Hall–Kier alpha value is -2.10. The summed E-state index contributed by atoms with van der Waals surface area (Å²) in [4.78, 5) is 22.0. The molecule has 0 heterocycles. The highest BCUT2D eigenvalue weighted by molar-refractivity contribution is 5.94. The van der Waals surface area contributed by atoms with Crippen LogP contribution in [0, 0.1) is 5.92 Å². The SMILES string of the molecule is C=CC(=O)OCC(C)COc1ccc(C(C)=O)cc1. The number of carbonyl (C=O) groups excluding carboxylic acids is 2. The van der Waals surface area contributed by atoms with Gasteiger partial charge in [-0.3, -0.25) is 4.79 Å². The Labute approximate surface area is 113 Å². The van der Waals surface area contributed by atoms with E-state index in [0.717, 1.165) is 6.08 Å². The Balaban J connectivity index is 2.37. The molecule has 19 heavy (non-hydrogen) atoms. The van der Waals surface area contributed by atoms with Crippen LogP contribution >= 0.6 is 0 Å². The molecule has 0 aliphatic rings. The molecule has 4 nitrogen and oxygen atoms in total. The minimum atomic E-state index is -0.433. The molecule has 0 aromatic heterocycles. The Morgan fingerprint density at radius 1 is 1.26 bits per heavy atom. The van der Waals surface area contributed by atoms with Crippen molar-refractivity contribution in [3.05, 3.63) is 42.5 Å². The number of ether oxygens (including phenoxy) is 2. The van der Waals surface area contributed by atoms with Crippen molar-refractivity contribution in [2.75, 3.05) is 13.2 Å². The monoisotopic (exact) mass is 262 g/mol. The number of ketones is 1. The third-order valence-electron chi connectivity index (χ3n) is 2.47. The summed E-state index contributed by atoms with van der Waals surface area (Å²) in [6.45, 7) is 7.48. The molecule has 0 bridgehead atoms. The smallest absolute Gasteiger partial charge is 0.330 e. The topological polar surface area (TPSA) is 52.6 Å². The largest absolute Gasteiger partial charge is 0.493 e. The van der Waals surface area contributed by atoms with Gasteiger partial charge in [-0.15, -0.1) is 0 Å². The van der Waals surface area contributed by atoms with Crippen molar-refractivity contribution in [3.8, 4) is 5.75 Å². The molecule has 0 saturated heterocycles. The van der Waals surface area contributed by atoms with Gasteiger partial charge in [-0.2, -0.15) is 0 Å². The standard InChI is InChI=1S/C15H18O4/c1-4-15(17)19-10-11(2)9-18-14-7-5-13(6-8-14)12(3)16/h4-8,11H,1,9-10H2,2-3H3. The molecule has 0 spiro atoms. The Morgan fingerprint density at radius 3 is 2.42 bits per heavy atom. The lowest BCUT2D eigenvalue weighted by molar-refractivity contribution is -0.139. The molecule has 1 atom stereocenters. The summed E-state index contributed by atoms with van der Waals surface area (Å²) in [6, 6.07) is 6.94. The normalized spacial score (nSPS) is 11.5. The number of rotatable bonds is 7. The molecule has 0 saturated carbocycles. The van der Waals surface area contributed by atoms with Crippen molar-refractivity contribution in [3.63, 3.8) is 0 Å². The molecule has 0 radical (unpaired) electrons. The fraction of sp³-hybridized carbons (Fsp3) is 0.333. The van der Waals surface area contributed by atoms with Crippen molar-refractivity contribution < 1.29 is 19.1 Å². The van der Waals surface area contributed by atoms with Crippen LogP contribution in [0.4, 0.5) is 0 Å². The van der Waals surface area contributed by atoms with E-state index in [1.54, 1.807) is 24.3 Å². The first-order valence-electron chi connectivity index (χ1n) is 6.06. The molecular weight excluding hydrogens is 244 g/mol. The number of esters is 1. The predicted octanol–water partition coefficient (Wildman–Crippen LogP) is 2.63. The summed E-state index contributed by atoms with van der Waals surface area (Å²) in [7, 11) is 0. The van der Waals surface area contributed by atoms with Gasteiger partial charge in [0.1, 0.15) is 5.75 Å². The maximum Gasteiger partial charge on any atom is 0.330 e. The first kappa shape index (κ1) is 15.0. The van der Waals surface area contributed by atoms with Crippen LogP contribution in [0.15, 0.2) is 36.9 Å². The Bertz CT molecular complexity index is 448. The Morgan fingerprint density at radius 2 is 1.89 bits per heavy atom. The highest BCUT2D eigenvalue weighted by Crippen LogP contribution is 2.13. The first-order chi connectivity index (χ1) is 9.02. The molecule has 0 amide bonds. The fourth-order valence-corrected chi connectivity index (χ4v) is 1.36. The summed E-state index contributed by atoms with van der Waals surface area (Å²) in [5.41, 5.74) is 0.653. The molecule has 0 fully saturated rings. The van der Waals surface area contributed by atoms with Gasteiger partial charge in [0.05, 0.1) is 13.2 Å². The molecule has 0 N–H and O–H groups in total. The molecule has 1 rings (SSSR count). The zero-order chi connectivity index (χ0) is 14.3. The third kappa shape index (κ3) is 5.38. The number of Topliss-reactive ketones (excluding diaryl/α,β-unsaturated/α-hetero) is 1. The van der Waals surface area contributed by atoms with Crippen LogP contribution in [0.5, 0.6) is 5.75 Å². The summed E-state index contributed by atoms with van der Waals surface area (Å²) in [5, 5.41) is 0. The van der Waals surface area contributed by atoms with Gasteiger partial charge in [0, 0.05) is 17.6 Å². The van der Waals surface area contributed by atoms with Crippen molar-refractivity contribution in [2.45, 2.75) is 13.8 Å². The van der Waals surface area contributed by atoms with E-state index >= 15 is 0 Å². The van der Waals surface area contributed by atoms with Gasteiger partial charge in [0.25, 0.3) is 0 Å². The van der Waals surface area contributed by atoms with E-state index in [1.165, 1.54) is 6.92 Å². The maximum atomic E-state index is 11.1. The van der Waals surface area contributed by atoms with E-state index in [0.29, 0.717) is 17.9 Å². The molecule has 4 heteroatoms. The van der Waals surface area contributed by atoms with E-state index in [1.807, 2.05) is 6.92 Å². The molecular formula is C15H18O4. The van der Waals surface area contributed by atoms with E-state index in [2.05, 4.69) is 6.58 Å². The summed E-state index contributed by atoms with van der Waals surface area (Å²) < 4.78 is 10.5. The van der Waals surface area contributed by atoms with E-state index < -0.39 is 5.97 Å². The zero-order valence-electron chi connectivity index (χ0n) is 11.2. The molecule has 0 aliphatic heterocycles. The van der Waals surface area contributed by atoms with Gasteiger partial charge in [-0.25, -0.2) is 4.79 Å². The van der Waals surface area contributed by atoms with Crippen molar-refractivity contribution in [2.24, 2.45) is 5.92 Å². The lowest BCUT2D eigenvalue weighted by Crippen LogP contribution is -2.16. The van der Waals surface area contributed by atoms with E-state index in [4.69, 9.17) is 9.47 Å². The van der Waals surface area contributed by atoms with Gasteiger partial charge in [0.2, 0.25) is 0 Å². The number of hydrogen-bond donors (Lipinski definition) is 0.